The van der Waals surface area contributed by atoms with Crippen LogP contribution in [0.1, 0.15) is 40.5 Å². The number of nitrogens with zero attached hydrogens (tertiary/aromatic N) is 2. The van der Waals surface area contributed by atoms with Gasteiger partial charge in [-0.15, -0.1) is 0 Å². The molecule has 26 heavy (non-hydrogen) atoms. The zero-order chi connectivity index (χ0) is 19.1. The Morgan fingerprint density at radius 1 is 1.19 bits per heavy atom. The van der Waals surface area contributed by atoms with Gasteiger partial charge in [0.1, 0.15) is 5.69 Å². The number of carbonyl (C=O) groups is 1. The van der Waals surface area contributed by atoms with E-state index in [0.29, 0.717) is 29.2 Å². The lowest BCUT2D eigenvalue weighted by atomic mass is 10.0. The molecular weight excluding hydrogens is 416 g/mol. The first-order valence-electron chi connectivity index (χ1n) is 8.28. The molecule has 0 atom stereocenters. The smallest absolute Gasteiger partial charge is 0.284 e. The molecule has 0 spiro atoms. The molecule has 3 rings (SSSR count). The number of aryl methyl sites for hydroxylation is 3. The molecule has 5 nitrogen and oxygen atoms in total. The second kappa shape index (κ2) is 6.96. The van der Waals surface area contributed by atoms with Gasteiger partial charge in [0.05, 0.1) is 10.4 Å². The summed E-state index contributed by atoms with van der Waals surface area (Å²) in [5.41, 5.74) is 2.97. The van der Waals surface area contributed by atoms with Crippen LogP contribution in [0.5, 0.6) is 0 Å². The summed E-state index contributed by atoms with van der Waals surface area (Å²) in [6.07, 6.45) is 2.07. The first-order valence-corrected chi connectivity index (χ1v) is 10.5. The van der Waals surface area contributed by atoms with Crippen molar-refractivity contribution in [2.24, 2.45) is 0 Å². The zero-order valence-corrected chi connectivity index (χ0v) is 17.2. The third kappa shape index (κ3) is 3.10. The van der Waals surface area contributed by atoms with Gasteiger partial charge in [-0.3, -0.25) is 4.79 Å². The SMILES string of the molecule is CCCc1cc(C)cc(C)c1S(=O)(=O)n1nc(C=O)c2cc(Br)ccc21. The summed E-state index contributed by atoms with van der Waals surface area (Å²) in [6.45, 7) is 5.76. The van der Waals surface area contributed by atoms with Gasteiger partial charge in [0.25, 0.3) is 10.0 Å². The molecule has 0 fully saturated rings. The number of carbonyl (C=O) groups excluding carboxylic acids is 1. The largest absolute Gasteiger partial charge is 0.296 e. The monoisotopic (exact) mass is 434 g/mol. The summed E-state index contributed by atoms with van der Waals surface area (Å²) in [6, 6.07) is 8.86. The average Bonchev–Trinajstić information content (AvgIpc) is 2.92. The number of aldehydes is 1. The van der Waals surface area contributed by atoms with Crippen LogP contribution in [0.2, 0.25) is 0 Å². The molecule has 0 aliphatic carbocycles. The predicted octanol–water partition coefficient (Wildman–Crippen LogP) is 4.42. The summed E-state index contributed by atoms with van der Waals surface area (Å²) in [4.78, 5) is 11.7. The molecule has 2 aromatic carbocycles. The van der Waals surface area contributed by atoms with Crippen molar-refractivity contribution in [3.63, 3.8) is 0 Å². The molecule has 0 saturated carbocycles. The van der Waals surface area contributed by atoms with E-state index >= 15 is 0 Å². The van der Waals surface area contributed by atoms with E-state index in [1.165, 1.54) is 0 Å². The lowest BCUT2D eigenvalue weighted by Gasteiger charge is -2.15. The van der Waals surface area contributed by atoms with Crippen molar-refractivity contribution in [3.05, 3.63) is 57.2 Å². The van der Waals surface area contributed by atoms with Crippen molar-refractivity contribution in [2.75, 3.05) is 0 Å². The van der Waals surface area contributed by atoms with Crippen LogP contribution >= 0.6 is 15.9 Å². The van der Waals surface area contributed by atoms with Crippen LogP contribution in [-0.2, 0) is 16.4 Å². The minimum absolute atomic E-state index is 0.103. The van der Waals surface area contributed by atoms with E-state index in [2.05, 4.69) is 21.0 Å². The van der Waals surface area contributed by atoms with Gasteiger partial charge in [0, 0.05) is 9.86 Å². The van der Waals surface area contributed by atoms with Gasteiger partial charge in [-0.2, -0.15) is 17.6 Å². The Morgan fingerprint density at radius 2 is 1.92 bits per heavy atom. The zero-order valence-electron chi connectivity index (χ0n) is 14.8. The van der Waals surface area contributed by atoms with Gasteiger partial charge in [-0.05, 0) is 49.6 Å². The van der Waals surface area contributed by atoms with E-state index in [9.17, 15) is 13.2 Å². The van der Waals surface area contributed by atoms with Crippen LogP contribution in [0.25, 0.3) is 10.9 Å². The number of hydrogen-bond donors (Lipinski definition) is 0. The number of hydrogen-bond acceptors (Lipinski definition) is 4. The number of aromatic nitrogens is 2. The van der Waals surface area contributed by atoms with Crippen LogP contribution in [0.4, 0.5) is 0 Å². The molecule has 0 radical (unpaired) electrons. The number of halogens is 1. The fourth-order valence-corrected chi connectivity index (χ4v) is 5.41. The maximum atomic E-state index is 13.5. The molecule has 0 bridgehead atoms. The fourth-order valence-electron chi connectivity index (χ4n) is 3.31. The summed E-state index contributed by atoms with van der Waals surface area (Å²) in [5, 5.41) is 4.60. The molecule has 0 aliphatic heterocycles. The molecule has 0 aliphatic rings. The van der Waals surface area contributed by atoms with Crippen LogP contribution < -0.4 is 0 Å². The first-order chi connectivity index (χ1) is 12.3. The Labute approximate surface area is 161 Å². The fraction of sp³-hybridized carbons (Fsp3) is 0.263. The van der Waals surface area contributed by atoms with E-state index < -0.39 is 10.0 Å². The van der Waals surface area contributed by atoms with Crippen molar-refractivity contribution in [2.45, 2.75) is 38.5 Å². The van der Waals surface area contributed by atoms with Crippen molar-refractivity contribution in [1.29, 1.82) is 0 Å². The summed E-state index contributed by atoms with van der Waals surface area (Å²) < 4.78 is 28.7. The Kier molecular flexibility index (Phi) is 5.03. The lowest BCUT2D eigenvalue weighted by Crippen LogP contribution is -2.18. The minimum Gasteiger partial charge on any atom is -0.296 e. The van der Waals surface area contributed by atoms with Gasteiger partial charge >= 0.3 is 0 Å². The summed E-state index contributed by atoms with van der Waals surface area (Å²) in [7, 11) is -3.94. The van der Waals surface area contributed by atoms with Crippen LogP contribution in [-0.4, -0.2) is 23.9 Å². The van der Waals surface area contributed by atoms with Crippen LogP contribution in [0, 0.1) is 13.8 Å². The third-order valence-electron chi connectivity index (χ3n) is 4.25. The molecule has 0 N–H and O–H groups in total. The topological polar surface area (TPSA) is 69.0 Å². The van der Waals surface area contributed by atoms with Gasteiger partial charge in [0.2, 0.25) is 0 Å². The normalized spacial score (nSPS) is 11.8. The predicted molar refractivity (Wildman–Crippen MR) is 105 cm³/mol. The Morgan fingerprint density at radius 3 is 2.58 bits per heavy atom. The number of rotatable bonds is 5. The van der Waals surface area contributed by atoms with Crippen LogP contribution in [0.15, 0.2) is 39.7 Å². The molecule has 7 heteroatoms. The third-order valence-corrected chi connectivity index (χ3v) is 6.58. The van der Waals surface area contributed by atoms with Crippen LogP contribution in [0.3, 0.4) is 0 Å². The van der Waals surface area contributed by atoms with E-state index in [1.807, 2.05) is 26.0 Å². The number of fused-ring (bicyclic) bond motifs is 1. The maximum absolute atomic E-state index is 13.5. The number of benzene rings is 2. The Hall–Kier alpha value is -1.99. The van der Waals surface area contributed by atoms with Crippen molar-refractivity contribution in [1.82, 2.24) is 9.19 Å². The quantitative estimate of drug-likeness (QED) is 0.557. The Bertz CT molecular complexity index is 1120. The molecule has 0 unspecified atom stereocenters. The molecule has 0 saturated heterocycles. The molecule has 1 heterocycles. The van der Waals surface area contributed by atoms with Crippen molar-refractivity contribution >= 4 is 43.1 Å². The second-order valence-electron chi connectivity index (χ2n) is 6.33. The highest BCUT2D eigenvalue weighted by atomic mass is 79.9. The van der Waals surface area contributed by atoms with E-state index in [0.717, 1.165) is 26.1 Å². The maximum Gasteiger partial charge on any atom is 0.284 e. The lowest BCUT2D eigenvalue weighted by molar-refractivity contribution is 0.112. The van der Waals surface area contributed by atoms with Crippen molar-refractivity contribution in [3.8, 4) is 0 Å². The van der Waals surface area contributed by atoms with Gasteiger partial charge in [-0.1, -0.05) is 47.0 Å². The summed E-state index contributed by atoms with van der Waals surface area (Å²) in [5.74, 6) is 0. The highest BCUT2D eigenvalue weighted by Crippen LogP contribution is 2.30. The summed E-state index contributed by atoms with van der Waals surface area (Å²) >= 11 is 3.35. The second-order valence-corrected chi connectivity index (χ2v) is 8.95. The van der Waals surface area contributed by atoms with E-state index in [1.54, 1.807) is 25.1 Å². The molecule has 136 valence electrons. The van der Waals surface area contributed by atoms with Gasteiger partial charge < -0.3 is 0 Å². The molecular formula is C19H19BrN2O3S. The molecule has 3 aromatic rings. The van der Waals surface area contributed by atoms with E-state index in [-0.39, 0.29) is 10.6 Å². The average molecular weight is 435 g/mol. The van der Waals surface area contributed by atoms with Gasteiger partial charge in [-0.25, -0.2) is 0 Å². The Balaban J connectivity index is 2.35. The molecule has 0 amide bonds. The first kappa shape index (κ1) is 18.8. The highest BCUT2D eigenvalue weighted by molar-refractivity contribution is 9.10. The van der Waals surface area contributed by atoms with E-state index in [4.69, 9.17) is 0 Å². The molecule has 1 aromatic heterocycles. The van der Waals surface area contributed by atoms with Crippen molar-refractivity contribution < 1.29 is 13.2 Å². The minimum atomic E-state index is -3.94. The van der Waals surface area contributed by atoms with Gasteiger partial charge in [0.15, 0.2) is 6.29 Å². The standard InChI is InChI=1S/C19H19BrN2O3S/c1-4-5-14-9-12(2)8-13(3)19(14)26(24,25)22-18-7-6-15(20)10-16(18)17(11-23)21-22/h6-11H,4-5H2,1-3H3. The highest BCUT2D eigenvalue weighted by Gasteiger charge is 2.27.